The van der Waals surface area contributed by atoms with E-state index in [2.05, 4.69) is 114 Å². The summed E-state index contributed by atoms with van der Waals surface area (Å²) in [4.78, 5) is 2.59. The molecule has 2 atom stereocenters. The Bertz CT molecular complexity index is 889. The Morgan fingerprint density at radius 2 is 1.66 bits per heavy atom. The van der Waals surface area contributed by atoms with Crippen molar-refractivity contribution in [2.75, 3.05) is 13.1 Å². The van der Waals surface area contributed by atoms with E-state index in [0.29, 0.717) is 12.1 Å². The Kier molecular flexibility index (Phi) is 25.6. The van der Waals surface area contributed by atoms with Crippen LogP contribution >= 0.6 is 12.4 Å². The fourth-order valence-electron chi connectivity index (χ4n) is 4.35. The second-order valence-corrected chi connectivity index (χ2v) is 8.93. The molecule has 1 aliphatic rings. The van der Waals surface area contributed by atoms with Gasteiger partial charge in [-0.2, -0.15) is 0 Å². The van der Waals surface area contributed by atoms with Crippen molar-refractivity contribution >= 4 is 18.0 Å². The van der Waals surface area contributed by atoms with Gasteiger partial charge in [0.05, 0.1) is 0 Å². The first-order valence-electron chi connectivity index (χ1n) is 14.7. The van der Waals surface area contributed by atoms with Crippen molar-refractivity contribution < 1.29 is 0 Å². The third kappa shape index (κ3) is 13.7. The van der Waals surface area contributed by atoms with E-state index in [1.54, 1.807) is 0 Å². The van der Waals surface area contributed by atoms with Crippen molar-refractivity contribution in [1.29, 1.82) is 0 Å². The van der Waals surface area contributed by atoms with E-state index in [1.165, 1.54) is 39.1 Å². The van der Waals surface area contributed by atoms with Gasteiger partial charge in [0.25, 0.3) is 0 Å². The summed E-state index contributed by atoms with van der Waals surface area (Å²) in [6, 6.07) is 9.67. The van der Waals surface area contributed by atoms with Crippen LogP contribution in [0.5, 0.6) is 0 Å². The molecule has 0 unspecified atom stereocenters. The zero-order chi connectivity index (χ0) is 29.0. The molecule has 1 heterocycles. The molecule has 3 heteroatoms. The van der Waals surface area contributed by atoms with Crippen LogP contribution in [-0.2, 0) is 0 Å². The minimum absolute atomic E-state index is 0. The van der Waals surface area contributed by atoms with Crippen LogP contribution < -0.4 is 5.32 Å². The lowest BCUT2D eigenvalue weighted by Crippen LogP contribution is -2.53. The summed E-state index contributed by atoms with van der Waals surface area (Å²) in [6.07, 6.45) is 10.8. The van der Waals surface area contributed by atoms with Crippen LogP contribution in [-0.4, -0.2) is 30.1 Å². The average molecular weight is 545 g/mol. The first-order chi connectivity index (χ1) is 17.8. The molecule has 1 aliphatic heterocycles. The number of benzene rings is 1. The molecule has 0 saturated carbocycles. The molecule has 2 rings (SSSR count). The van der Waals surface area contributed by atoms with Gasteiger partial charge in [0.2, 0.25) is 0 Å². The standard InChI is InChI=1S/C29H42N2.3C2H6.ClH/c1-9-11-12-15-28(18-23(5)27-16-13-14-21(3)17-27)29(22(4)10-2)26(8)31-20-24(6)30-19-25(31)7;3*1-2;/h9-11,13-17,24-25,30H,5,12,18-20H2,1-4,6-8H3;3*1-2H3;1H/b11-9-,22-10-,28-15-,29-26+;;;;/t24-,25+;;;;/m1..../s1. The van der Waals surface area contributed by atoms with Gasteiger partial charge >= 0.3 is 0 Å². The Morgan fingerprint density at radius 3 is 2.18 bits per heavy atom. The zero-order valence-electron chi connectivity index (χ0n) is 27.2. The highest BCUT2D eigenvalue weighted by Crippen LogP contribution is 2.33. The molecular formula is C35H61ClN2. The van der Waals surface area contributed by atoms with Crippen LogP contribution in [0.1, 0.15) is 107 Å². The smallest absolute Gasteiger partial charge is 0.0384 e. The summed E-state index contributed by atoms with van der Waals surface area (Å²) >= 11 is 0. The van der Waals surface area contributed by atoms with Crippen LogP contribution in [0.2, 0.25) is 0 Å². The maximum atomic E-state index is 4.48. The lowest BCUT2D eigenvalue weighted by atomic mass is 9.88. The normalized spacial score (nSPS) is 18.0. The number of halogens is 1. The molecule has 0 spiro atoms. The highest BCUT2D eigenvalue weighted by atomic mass is 35.5. The molecule has 38 heavy (non-hydrogen) atoms. The lowest BCUT2D eigenvalue weighted by molar-refractivity contribution is 0.189. The second kappa shape index (κ2) is 24.0. The Morgan fingerprint density at radius 1 is 1.05 bits per heavy atom. The van der Waals surface area contributed by atoms with Gasteiger partial charge in [0.1, 0.15) is 0 Å². The number of aryl methyl sites for hydroxylation is 1. The molecule has 1 N–H and O–H groups in total. The first kappa shape index (κ1) is 40.5. The zero-order valence-corrected chi connectivity index (χ0v) is 28.0. The number of rotatable bonds is 8. The van der Waals surface area contributed by atoms with Crippen molar-refractivity contribution in [1.82, 2.24) is 10.2 Å². The van der Waals surface area contributed by atoms with Gasteiger partial charge in [0.15, 0.2) is 0 Å². The molecule has 0 aromatic heterocycles. The van der Waals surface area contributed by atoms with E-state index < -0.39 is 0 Å². The van der Waals surface area contributed by atoms with Crippen LogP contribution in [0.25, 0.3) is 5.57 Å². The van der Waals surface area contributed by atoms with Crippen molar-refractivity contribution in [2.24, 2.45) is 0 Å². The SMILES string of the molecule is C=C(CC(=C/C/C=C\C)/C(C(/C)=C\C)=C(\C)N1C[C@@H](C)NC[C@@H]1C)c1cccc(C)c1.CC.CC.CC.Cl. The molecule has 2 nitrogen and oxygen atoms in total. The summed E-state index contributed by atoms with van der Waals surface area (Å²) in [5.41, 5.74) is 9.14. The third-order valence-corrected chi connectivity index (χ3v) is 6.27. The summed E-state index contributed by atoms with van der Waals surface area (Å²) in [5, 5.41) is 3.61. The molecule has 1 fully saturated rings. The number of nitrogens with one attached hydrogen (secondary N) is 1. The Hall–Kier alpha value is -2.03. The number of piperazine rings is 1. The molecule has 1 saturated heterocycles. The van der Waals surface area contributed by atoms with Crippen molar-refractivity contribution in [3.8, 4) is 0 Å². The molecule has 218 valence electrons. The fourth-order valence-corrected chi connectivity index (χ4v) is 4.35. The van der Waals surface area contributed by atoms with E-state index in [9.17, 15) is 0 Å². The second-order valence-electron chi connectivity index (χ2n) is 8.93. The molecule has 0 radical (unpaired) electrons. The predicted molar refractivity (Wildman–Crippen MR) is 179 cm³/mol. The minimum atomic E-state index is 0. The van der Waals surface area contributed by atoms with E-state index in [0.717, 1.165) is 25.9 Å². The predicted octanol–water partition coefficient (Wildman–Crippen LogP) is 10.7. The number of allylic oxidation sites excluding steroid dienone is 9. The lowest BCUT2D eigenvalue weighted by Gasteiger charge is -2.41. The monoisotopic (exact) mass is 544 g/mol. The first-order valence-corrected chi connectivity index (χ1v) is 14.7. The summed E-state index contributed by atoms with van der Waals surface area (Å²) in [5.74, 6) is 0. The molecule has 1 aromatic carbocycles. The molecule has 1 aromatic rings. The van der Waals surface area contributed by atoms with Crippen LogP contribution in [0.3, 0.4) is 0 Å². The van der Waals surface area contributed by atoms with Gasteiger partial charge in [-0.3, -0.25) is 0 Å². The van der Waals surface area contributed by atoms with Crippen LogP contribution in [0.15, 0.2) is 77.6 Å². The Labute approximate surface area is 244 Å². The molecular weight excluding hydrogens is 484 g/mol. The van der Waals surface area contributed by atoms with E-state index in [1.807, 2.05) is 41.5 Å². The molecule has 0 aliphatic carbocycles. The number of hydrogen-bond donors (Lipinski definition) is 1. The minimum Gasteiger partial charge on any atom is -0.369 e. The van der Waals surface area contributed by atoms with Crippen molar-refractivity contribution in [2.45, 2.75) is 115 Å². The Balaban J connectivity index is -0.00000163. The van der Waals surface area contributed by atoms with Crippen molar-refractivity contribution in [3.63, 3.8) is 0 Å². The number of hydrogen-bond acceptors (Lipinski definition) is 2. The highest BCUT2D eigenvalue weighted by molar-refractivity contribution is 5.85. The molecule has 0 bridgehead atoms. The van der Waals surface area contributed by atoms with Gasteiger partial charge in [-0.25, -0.2) is 0 Å². The van der Waals surface area contributed by atoms with Gasteiger partial charge in [-0.1, -0.05) is 102 Å². The van der Waals surface area contributed by atoms with Crippen LogP contribution in [0, 0.1) is 6.92 Å². The summed E-state index contributed by atoms with van der Waals surface area (Å²) in [6.45, 7) is 34.0. The number of nitrogens with zero attached hydrogens (tertiary/aromatic N) is 1. The topological polar surface area (TPSA) is 15.3 Å². The van der Waals surface area contributed by atoms with E-state index in [-0.39, 0.29) is 12.4 Å². The quantitative estimate of drug-likeness (QED) is 0.258. The highest BCUT2D eigenvalue weighted by Gasteiger charge is 2.25. The van der Waals surface area contributed by atoms with E-state index >= 15 is 0 Å². The van der Waals surface area contributed by atoms with Crippen LogP contribution in [0.4, 0.5) is 0 Å². The summed E-state index contributed by atoms with van der Waals surface area (Å²) in [7, 11) is 0. The average Bonchev–Trinajstić information content (AvgIpc) is 2.93. The van der Waals surface area contributed by atoms with Gasteiger partial charge in [-0.05, 0) is 89.2 Å². The third-order valence-electron chi connectivity index (χ3n) is 6.27. The van der Waals surface area contributed by atoms with Gasteiger partial charge < -0.3 is 10.2 Å². The summed E-state index contributed by atoms with van der Waals surface area (Å²) < 4.78 is 0. The van der Waals surface area contributed by atoms with E-state index in [4.69, 9.17) is 0 Å². The van der Waals surface area contributed by atoms with Crippen molar-refractivity contribution in [3.05, 3.63) is 88.7 Å². The van der Waals surface area contributed by atoms with Gasteiger partial charge in [0, 0.05) is 30.9 Å². The molecule has 0 amide bonds. The van der Waals surface area contributed by atoms with Gasteiger partial charge in [-0.15, -0.1) is 12.4 Å². The largest absolute Gasteiger partial charge is 0.369 e. The fraction of sp³-hybridized carbons (Fsp3) is 0.543. The maximum Gasteiger partial charge on any atom is 0.0384 e. The maximum absolute atomic E-state index is 4.48.